The number of halogens is 3. The van der Waals surface area contributed by atoms with Crippen LogP contribution in [-0.2, 0) is 0 Å². The summed E-state index contributed by atoms with van der Waals surface area (Å²) in [6, 6.07) is 0.565. The number of hydrogen-bond donors (Lipinski definition) is 0. The Morgan fingerprint density at radius 2 is 1.56 bits per heavy atom. The summed E-state index contributed by atoms with van der Waals surface area (Å²) in [6.45, 7) is 4.32. The van der Waals surface area contributed by atoms with Gasteiger partial charge in [0, 0.05) is 0 Å². The first kappa shape index (κ1) is 10.6. The molecular formula is C4H10Br3NSi. The van der Waals surface area contributed by atoms with Gasteiger partial charge in [-0.1, -0.05) is 59.7 Å². The molecule has 0 saturated heterocycles. The molecule has 5 heteroatoms. The lowest BCUT2D eigenvalue weighted by Crippen LogP contribution is -2.40. The SMILES string of the molecule is CC(C)N(C)[Si](Br)(Br)Br. The summed E-state index contributed by atoms with van der Waals surface area (Å²) >= 11 is 10.6. The van der Waals surface area contributed by atoms with E-state index in [1.165, 1.54) is 0 Å². The second-order valence-electron chi connectivity index (χ2n) is 2.17. The average molecular weight is 340 g/mol. The van der Waals surface area contributed by atoms with Gasteiger partial charge in [-0.2, -0.15) is 0 Å². The lowest BCUT2D eigenvalue weighted by Gasteiger charge is -2.27. The van der Waals surface area contributed by atoms with Crippen molar-refractivity contribution in [3.05, 3.63) is 0 Å². The van der Waals surface area contributed by atoms with Crippen LogP contribution in [0.1, 0.15) is 13.8 Å². The van der Waals surface area contributed by atoms with E-state index in [0.717, 1.165) is 0 Å². The number of hydrogen-bond acceptors (Lipinski definition) is 1. The molecule has 0 amide bonds. The van der Waals surface area contributed by atoms with E-state index < -0.39 is 4.09 Å². The Hall–Kier alpha value is 1.62. The van der Waals surface area contributed by atoms with Crippen LogP contribution >= 0.6 is 45.9 Å². The zero-order valence-corrected chi connectivity index (χ0v) is 11.4. The van der Waals surface area contributed by atoms with Crippen LogP contribution in [0, 0.1) is 0 Å². The Balaban J connectivity index is 3.88. The van der Waals surface area contributed by atoms with Crippen molar-refractivity contribution in [3.8, 4) is 0 Å². The fourth-order valence-electron chi connectivity index (χ4n) is 0.293. The molecule has 56 valence electrons. The van der Waals surface area contributed by atoms with Crippen molar-refractivity contribution < 1.29 is 0 Å². The third kappa shape index (κ3) is 4.13. The fraction of sp³-hybridized carbons (Fsp3) is 1.00. The van der Waals surface area contributed by atoms with Gasteiger partial charge in [0.1, 0.15) is 0 Å². The molecule has 0 N–H and O–H groups in total. The molecule has 0 heterocycles. The second-order valence-corrected chi connectivity index (χ2v) is 23.7. The minimum atomic E-state index is -1.55. The Kier molecular flexibility index (Phi) is 4.54. The lowest BCUT2D eigenvalue weighted by molar-refractivity contribution is 0.445. The first-order valence-electron chi connectivity index (χ1n) is 2.65. The monoisotopic (exact) mass is 337 g/mol. The summed E-state index contributed by atoms with van der Waals surface area (Å²) < 4.78 is 0.690. The fourth-order valence-corrected chi connectivity index (χ4v) is 4.56. The maximum absolute atomic E-state index is 3.54. The van der Waals surface area contributed by atoms with Gasteiger partial charge in [-0.3, -0.25) is 4.57 Å². The molecule has 0 unspecified atom stereocenters. The van der Waals surface area contributed by atoms with Crippen LogP contribution in [0.3, 0.4) is 0 Å². The summed E-state index contributed by atoms with van der Waals surface area (Å²) in [5.41, 5.74) is 0. The molecular weight excluding hydrogens is 330 g/mol. The predicted molar refractivity (Wildman–Crippen MR) is 55.4 cm³/mol. The van der Waals surface area contributed by atoms with E-state index in [1.807, 2.05) is 0 Å². The van der Waals surface area contributed by atoms with Crippen molar-refractivity contribution in [2.24, 2.45) is 0 Å². The summed E-state index contributed by atoms with van der Waals surface area (Å²) in [4.78, 5) is 0. The molecule has 0 aliphatic rings. The van der Waals surface area contributed by atoms with E-state index in [0.29, 0.717) is 6.04 Å². The van der Waals surface area contributed by atoms with Crippen LogP contribution in [0.15, 0.2) is 0 Å². The van der Waals surface area contributed by atoms with Gasteiger partial charge in [-0.25, -0.2) is 0 Å². The molecule has 0 aliphatic heterocycles. The summed E-state index contributed by atoms with van der Waals surface area (Å²) in [5.74, 6) is 0. The third-order valence-electron chi connectivity index (χ3n) is 1.17. The van der Waals surface area contributed by atoms with Crippen LogP contribution in [0.4, 0.5) is 0 Å². The van der Waals surface area contributed by atoms with E-state index in [2.05, 4.69) is 71.3 Å². The molecule has 0 rings (SSSR count). The smallest absolute Gasteiger partial charge is 0.299 e. The van der Waals surface area contributed by atoms with E-state index in [4.69, 9.17) is 0 Å². The summed E-state index contributed by atoms with van der Waals surface area (Å²) in [7, 11) is 2.08. The average Bonchev–Trinajstić information content (AvgIpc) is 1.62. The predicted octanol–water partition coefficient (Wildman–Crippen LogP) is 2.95. The first-order chi connectivity index (χ1) is 3.85. The number of nitrogens with zero attached hydrogens (tertiary/aromatic N) is 1. The molecule has 1 nitrogen and oxygen atoms in total. The van der Waals surface area contributed by atoms with Crippen LogP contribution in [0.5, 0.6) is 0 Å². The molecule has 0 spiro atoms. The highest BCUT2D eigenvalue weighted by atomic mass is 80.0. The summed E-state index contributed by atoms with van der Waals surface area (Å²) in [5, 5.41) is 0. The van der Waals surface area contributed by atoms with Gasteiger partial charge in [0.25, 0.3) is 0 Å². The number of rotatable bonds is 2. The van der Waals surface area contributed by atoms with Gasteiger partial charge in [0.15, 0.2) is 0 Å². The quantitative estimate of drug-likeness (QED) is 0.552. The lowest BCUT2D eigenvalue weighted by atomic mass is 10.4. The van der Waals surface area contributed by atoms with E-state index in [-0.39, 0.29) is 0 Å². The van der Waals surface area contributed by atoms with Crippen molar-refractivity contribution in [1.82, 2.24) is 4.57 Å². The van der Waals surface area contributed by atoms with Gasteiger partial charge >= 0.3 is 4.09 Å². The van der Waals surface area contributed by atoms with Crippen molar-refractivity contribution in [1.29, 1.82) is 0 Å². The van der Waals surface area contributed by atoms with Crippen LogP contribution < -0.4 is 0 Å². The molecule has 0 aliphatic carbocycles. The van der Waals surface area contributed by atoms with E-state index in [9.17, 15) is 0 Å². The van der Waals surface area contributed by atoms with Crippen LogP contribution in [0.25, 0.3) is 0 Å². The molecule has 0 radical (unpaired) electrons. The Bertz CT molecular complexity index is 90.3. The van der Waals surface area contributed by atoms with Crippen molar-refractivity contribution in [3.63, 3.8) is 0 Å². The van der Waals surface area contributed by atoms with Gasteiger partial charge in [0.2, 0.25) is 0 Å². The standard InChI is InChI=1S/C4H10Br3NSi/c1-4(2)8(3)9(5,6)7/h4H,1-3H3. The maximum atomic E-state index is 3.54. The normalized spacial score (nSPS) is 13.3. The Morgan fingerprint density at radius 3 is 1.56 bits per heavy atom. The highest BCUT2D eigenvalue weighted by molar-refractivity contribution is 9.71. The summed E-state index contributed by atoms with van der Waals surface area (Å²) in [6.07, 6.45) is 0. The zero-order chi connectivity index (χ0) is 7.65. The van der Waals surface area contributed by atoms with Gasteiger partial charge in [0.05, 0.1) is 0 Å². The minimum Gasteiger partial charge on any atom is -0.299 e. The van der Waals surface area contributed by atoms with Gasteiger partial charge in [-0.15, -0.1) is 0 Å². The van der Waals surface area contributed by atoms with E-state index in [1.54, 1.807) is 0 Å². The second kappa shape index (κ2) is 3.85. The Labute approximate surface area is 81.0 Å². The van der Waals surface area contributed by atoms with Crippen molar-refractivity contribution in [2.45, 2.75) is 19.9 Å². The Morgan fingerprint density at radius 1 is 1.22 bits per heavy atom. The van der Waals surface area contributed by atoms with E-state index >= 15 is 0 Å². The molecule has 0 aromatic heterocycles. The molecule has 0 fully saturated rings. The maximum Gasteiger partial charge on any atom is 0.344 e. The minimum absolute atomic E-state index is 0.565. The topological polar surface area (TPSA) is 3.24 Å². The van der Waals surface area contributed by atoms with Crippen molar-refractivity contribution in [2.75, 3.05) is 7.05 Å². The zero-order valence-electron chi connectivity index (χ0n) is 5.66. The van der Waals surface area contributed by atoms with Gasteiger partial charge in [-0.05, 0) is 13.1 Å². The molecule has 0 atom stereocenters. The molecule has 9 heavy (non-hydrogen) atoms. The highest BCUT2D eigenvalue weighted by Gasteiger charge is 2.30. The van der Waals surface area contributed by atoms with Gasteiger partial charge < -0.3 is 0 Å². The molecule has 0 saturated carbocycles. The van der Waals surface area contributed by atoms with Crippen LogP contribution in [-0.4, -0.2) is 21.7 Å². The third-order valence-corrected chi connectivity index (χ3v) is 7.53. The first-order valence-corrected chi connectivity index (χ1v) is 11.4. The molecule has 0 bridgehead atoms. The largest absolute Gasteiger partial charge is 0.344 e. The molecule has 0 aromatic carbocycles. The van der Waals surface area contributed by atoms with Crippen molar-refractivity contribution >= 4 is 50.0 Å². The molecule has 0 aromatic rings. The van der Waals surface area contributed by atoms with Crippen LogP contribution in [0.2, 0.25) is 0 Å². The highest BCUT2D eigenvalue weighted by Crippen LogP contribution is 2.31.